The van der Waals surface area contributed by atoms with E-state index in [2.05, 4.69) is 30.8 Å². The number of halogens is 3. The minimum Gasteiger partial charge on any atom is -0.391 e. The molecule has 0 bridgehead atoms. The van der Waals surface area contributed by atoms with E-state index in [-0.39, 0.29) is 47.5 Å². The van der Waals surface area contributed by atoms with Crippen LogP contribution in [0.4, 0.5) is 19.0 Å². The lowest BCUT2D eigenvalue weighted by Gasteiger charge is -2.17. The summed E-state index contributed by atoms with van der Waals surface area (Å²) in [6.45, 7) is -0.246. The molecule has 3 aromatic rings. The van der Waals surface area contributed by atoms with Crippen LogP contribution in [0, 0.1) is 11.6 Å². The van der Waals surface area contributed by atoms with Crippen LogP contribution < -0.4 is 10.6 Å². The van der Waals surface area contributed by atoms with Gasteiger partial charge in [0.1, 0.15) is 35.6 Å². The number of fused-ring (bicyclic) bond motifs is 1. The quantitative estimate of drug-likeness (QED) is 0.514. The maximum Gasteiger partial charge on any atom is 0.270 e. The Morgan fingerprint density at radius 2 is 2.10 bits per heavy atom. The topological polar surface area (TPSA) is 116 Å². The molecule has 1 fully saturated rings. The Labute approximate surface area is 162 Å². The van der Waals surface area contributed by atoms with Crippen molar-refractivity contribution in [2.45, 2.75) is 37.7 Å². The Morgan fingerprint density at radius 3 is 2.86 bits per heavy atom. The van der Waals surface area contributed by atoms with Crippen LogP contribution in [0.25, 0.3) is 11.0 Å². The van der Waals surface area contributed by atoms with Crippen molar-refractivity contribution < 1.29 is 23.1 Å². The first-order valence-corrected chi connectivity index (χ1v) is 8.92. The average Bonchev–Trinajstić information content (AvgIpc) is 3.26. The Bertz CT molecular complexity index is 1060. The normalized spacial score (nSPS) is 21.4. The van der Waals surface area contributed by atoms with Gasteiger partial charge in [0.25, 0.3) is 5.91 Å². The fraction of sp³-hybridized carbons (Fsp3) is 0.333. The second kappa shape index (κ2) is 7.66. The third kappa shape index (κ3) is 3.86. The molecular weight excluding hydrogens is 389 g/mol. The van der Waals surface area contributed by atoms with Crippen LogP contribution >= 0.6 is 0 Å². The number of carbonyl (C=O) groups is 1. The number of aliphatic hydroxyl groups excluding tert-OH is 1. The number of carbonyl (C=O) groups excluding carboxylic acids is 1. The number of rotatable bonds is 5. The Hall–Kier alpha value is -3.21. The molecule has 4 N–H and O–H groups in total. The molecule has 0 radical (unpaired) electrons. The van der Waals surface area contributed by atoms with E-state index in [1.807, 2.05) is 0 Å². The minimum atomic E-state index is -1.13. The molecule has 152 valence electrons. The summed E-state index contributed by atoms with van der Waals surface area (Å²) in [7, 11) is 0. The molecule has 4 rings (SSSR count). The standard InChI is InChI=1S/C18H17F3N6O2/c19-9-1-2-11(21)8(3-9)6-22-18(29)15-14-16(23-7-24-17(14)27-26-15)25-12-4-10(20)5-13(12)28/h1-3,7,10,12-13,28H,4-6H2,(H,22,29)(H2,23,24,25,26,27)/t10-,12-,13-/m0/s1. The van der Waals surface area contributed by atoms with Gasteiger partial charge in [-0.05, 0) is 18.2 Å². The van der Waals surface area contributed by atoms with Gasteiger partial charge in [-0.25, -0.2) is 23.1 Å². The van der Waals surface area contributed by atoms with Crippen molar-refractivity contribution in [1.82, 2.24) is 25.5 Å². The van der Waals surface area contributed by atoms with Crippen molar-refractivity contribution in [2.75, 3.05) is 5.32 Å². The predicted molar refractivity (Wildman–Crippen MR) is 96.8 cm³/mol. The number of hydrogen-bond acceptors (Lipinski definition) is 6. The van der Waals surface area contributed by atoms with Gasteiger partial charge >= 0.3 is 0 Å². The highest BCUT2D eigenvalue weighted by atomic mass is 19.1. The molecule has 0 unspecified atom stereocenters. The molecule has 1 saturated carbocycles. The third-order valence-corrected chi connectivity index (χ3v) is 4.82. The Morgan fingerprint density at radius 1 is 1.28 bits per heavy atom. The van der Waals surface area contributed by atoms with Crippen LogP contribution in [0.2, 0.25) is 0 Å². The molecule has 1 aliphatic carbocycles. The average molecular weight is 406 g/mol. The molecule has 0 spiro atoms. The molecular formula is C18H17F3N6O2. The number of H-pyrrole nitrogens is 1. The zero-order valence-corrected chi connectivity index (χ0v) is 15.0. The first kappa shape index (κ1) is 19.1. The van der Waals surface area contributed by atoms with Gasteiger partial charge in [-0.2, -0.15) is 5.10 Å². The number of anilines is 1. The number of aromatic nitrogens is 4. The van der Waals surface area contributed by atoms with E-state index in [1.54, 1.807) is 0 Å². The molecule has 1 aromatic carbocycles. The van der Waals surface area contributed by atoms with Gasteiger partial charge in [-0.15, -0.1) is 0 Å². The maximum atomic E-state index is 13.8. The lowest BCUT2D eigenvalue weighted by molar-refractivity contribution is 0.0947. The van der Waals surface area contributed by atoms with Gasteiger partial charge in [-0.1, -0.05) is 0 Å². The number of hydrogen-bond donors (Lipinski definition) is 4. The summed E-state index contributed by atoms with van der Waals surface area (Å²) in [6.07, 6.45) is -0.679. The lowest BCUT2D eigenvalue weighted by Crippen LogP contribution is -2.29. The third-order valence-electron chi connectivity index (χ3n) is 4.82. The van der Waals surface area contributed by atoms with Gasteiger partial charge in [-0.3, -0.25) is 9.89 Å². The zero-order chi connectivity index (χ0) is 20.5. The summed E-state index contributed by atoms with van der Waals surface area (Å²) in [6, 6.07) is 2.38. The number of nitrogens with one attached hydrogen (secondary N) is 3. The molecule has 1 aliphatic rings. The molecule has 3 atom stereocenters. The number of alkyl halides is 1. The summed E-state index contributed by atoms with van der Waals surface area (Å²) in [5, 5.41) is 22.1. The Kier molecular flexibility index (Phi) is 5.05. The summed E-state index contributed by atoms with van der Waals surface area (Å²) in [5.41, 5.74) is 0.179. The molecule has 0 aliphatic heterocycles. The molecule has 2 heterocycles. The summed E-state index contributed by atoms with van der Waals surface area (Å²) in [5.74, 6) is -1.69. The zero-order valence-electron chi connectivity index (χ0n) is 15.0. The van der Waals surface area contributed by atoms with Crippen LogP contribution in [0.1, 0.15) is 28.9 Å². The summed E-state index contributed by atoms with van der Waals surface area (Å²) < 4.78 is 40.6. The van der Waals surface area contributed by atoms with Gasteiger partial charge in [0, 0.05) is 24.9 Å². The van der Waals surface area contributed by atoms with Gasteiger partial charge in [0.05, 0.1) is 17.5 Å². The number of benzene rings is 1. The lowest BCUT2D eigenvalue weighted by atomic mass is 10.2. The molecule has 29 heavy (non-hydrogen) atoms. The van der Waals surface area contributed by atoms with E-state index in [9.17, 15) is 23.1 Å². The van der Waals surface area contributed by atoms with Crippen molar-refractivity contribution in [3.8, 4) is 0 Å². The molecule has 11 heteroatoms. The summed E-state index contributed by atoms with van der Waals surface area (Å²) >= 11 is 0. The SMILES string of the molecule is O=C(NCc1cc(F)ccc1F)c1[nH]nc2ncnc(N[C@H]3C[C@H](F)C[C@@H]3O)c12. The molecule has 2 aromatic heterocycles. The van der Waals surface area contributed by atoms with E-state index in [1.165, 1.54) is 6.33 Å². The van der Waals surface area contributed by atoms with Crippen LogP contribution in [0.5, 0.6) is 0 Å². The first-order chi connectivity index (χ1) is 13.9. The van der Waals surface area contributed by atoms with Crippen molar-refractivity contribution >= 4 is 22.8 Å². The fourth-order valence-corrected chi connectivity index (χ4v) is 3.36. The van der Waals surface area contributed by atoms with E-state index >= 15 is 0 Å². The molecule has 0 saturated heterocycles. The van der Waals surface area contributed by atoms with E-state index in [0.717, 1.165) is 18.2 Å². The van der Waals surface area contributed by atoms with Crippen molar-refractivity contribution in [3.05, 3.63) is 47.4 Å². The van der Waals surface area contributed by atoms with Crippen LogP contribution in [0.3, 0.4) is 0 Å². The van der Waals surface area contributed by atoms with Crippen LogP contribution in [-0.2, 0) is 6.54 Å². The van der Waals surface area contributed by atoms with Crippen LogP contribution in [-0.4, -0.2) is 49.5 Å². The van der Waals surface area contributed by atoms with Gasteiger partial charge < -0.3 is 15.7 Å². The number of aliphatic hydroxyl groups is 1. The number of nitrogens with zero attached hydrogens (tertiary/aromatic N) is 3. The summed E-state index contributed by atoms with van der Waals surface area (Å²) in [4.78, 5) is 20.7. The second-order valence-electron chi connectivity index (χ2n) is 6.82. The predicted octanol–water partition coefficient (Wildman–Crippen LogP) is 1.83. The van der Waals surface area contributed by atoms with Crippen LogP contribution in [0.15, 0.2) is 24.5 Å². The largest absolute Gasteiger partial charge is 0.391 e. The minimum absolute atomic E-state index is 0.00389. The maximum absolute atomic E-state index is 13.8. The Balaban J connectivity index is 1.57. The van der Waals surface area contributed by atoms with E-state index in [0.29, 0.717) is 0 Å². The van der Waals surface area contributed by atoms with E-state index < -0.39 is 35.9 Å². The van der Waals surface area contributed by atoms with Crippen molar-refractivity contribution in [3.63, 3.8) is 0 Å². The van der Waals surface area contributed by atoms with Gasteiger partial charge in [0.15, 0.2) is 5.65 Å². The number of amides is 1. The first-order valence-electron chi connectivity index (χ1n) is 8.92. The van der Waals surface area contributed by atoms with Crippen molar-refractivity contribution in [2.24, 2.45) is 0 Å². The smallest absolute Gasteiger partial charge is 0.270 e. The highest BCUT2D eigenvalue weighted by molar-refractivity contribution is 6.07. The second-order valence-corrected chi connectivity index (χ2v) is 6.82. The number of aromatic amines is 1. The van der Waals surface area contributed by atoms with Gasteiger partial charge in [0.2, 0.25) is 0 Å². The van der Waals surface area contributed by atoms with E-state index in [4.69, 9.17) is 0 Å². The molecule has 8 nitrogen and oxygen atoms in total. The van der Waals surface area contributed by atoms with Crippen molar-refractivity contribution in [1.29, 1.82) is 0 Å². The highest BCUT2D eigenvalue weighted by Gasteiger charge is 2.34. The monoisotopic (exact) mass is 406 g/mol. The highest BCUT2D eigenvalue weighted by Crippen LogP contribution is 2.28. The molecule has 1 amide bonds. The fourth-order valence-electron chi connectivity index (χ4n) is 3.36.